The van der Waals surface area contributed by atoms with E-state index in [9.17, 15) is 0 Å². The molecule has 4 heteroatoms. The van der Waals surface area contributed by atoms with Crippen molar-refractivity contribution in [2.24, 2.45) is 11.1 Å². The molecule has 0 fully saturated rings. The molecule has 0 aromatic heterocycles. The molecule has 0 rings (SSSR count). The van der Waals surface area contributed by atoms with Crippen molar-refractivity contribution in [1.29, 1.82) is 0 Å². The zero-order valence-corrected chi connectivity index (χ0v) is 3.26. The van der Waals surface area contributed by atoms with Gasteiger partial charge in [-0.25, -0.2) is 0 Å². The van der Waals surface area contributed by atoms with Crippen LogP contribution in [0.25, 0.3) is 0 Å². The van der Waals surface area contributed by atoms with Gasteiger partial charge in [-0.3, -0.25) is 0 Å². The van der Waals surface area contributed by atoms with Gasteiger partial charge in [-0.1, -0.05) is 0 Å². The van der Waals surface area contributed by atoms with Gasteiger partial charge in [0.2, 0.25) is 0 Å². The third-order valence-electron chi connectivity index (χ3n) is 0.262. The maximum Gasteiger partial charge on any atom is 0.155 e. The summed E-state index contributed by atoms with van der Waals surface area (Å²) in [5.74, 6) is 0. The van der Waals surface area contributed by atoms with Crippen LogP contribution in [0.15, 0.2) is 5.34 Å². The summed E-state index contributed by atoms with van der Waals surface area (Å²) in [4.78, 5) is 13.0. The number of rotatable bonds is 3. The monoisotopic (exact) mass is 90.0 g/mol. The van der Waals surface area contributed by atoms with Crippen LogP contribution in [0.2, 0.25) is 0 Å². The highest BCUT2D eigenvalue weighted by molar-refractivity contribution is 4.23. The van der Waals surface area contributed by atoms with E-state index in [4.69, 9.17) is 10.6 Å². The number of hydrogen-bond acceptors (Lipinski definition) is 4. The van der Waals surface area contributed by atoms with Crippen molar-refractivity contribution in [3.8, 4) is 0 Å². The van der Waals surface area contributed by atoms with Gasteiger partial charge in [0.05, 0.1) is 0 Å². The summed E-state index contributed by atoms with van der Waals surface area (Å²) < 4.78 is 0. The molecule has 0 bridgehead atoms. The molecule has 36 valence electrons. The summed E-state index contributed by atoms with van der Waals surface area (Å²) >= 11 is 0. The molecule has 0 aromatic carbocycles. The Labute approximate surface area is 35.2 Å². The highest BCUT2D eigenvalue weighted by Gasteiger charge is 1.73. The number of hydrogen-bond donors (Lipinski definition) is 1. The Morgan fingerprint density at radius 1 is 1.83 bits per heavy atom. The molecule has 0 radical (unpaired) electrons. The maximum absolute atomic E-state index is 9.04. The first-order valence-electron chi connectivity index (χ1n) is 1.56. The van der Waals surface area contributed by atoms with E-state index in [-0.39, 0.29) is 6.61 Å². The van der Waals surface area contributed by atoms with Gasteiger partial charge in [-0.2, -0.15) is 0 Å². The van der Waals surface area contributed by atoms with Crippen LogP contribution >= 0.6 is 0 Å². The molecule has 0 unspecified atom stereocenters. The molecule has 4 nitrogen and oxygen atoms in total. The van der Waals surface area contributed by atoms with Crippen molar-refractivity contribution in [3.63, 3.8) is 0 Å². The Balaban J connectivity index is 2.49. The van der Waals surface area contributed by atoms with Crippen LogP contribution in [0.4, 0.5) is 0 Å². The smallest absolute Gasteiger partial charge is 0.155 e. The number of nitrogens with zero attached hydrogens (tertiary/aromatic N) is 1. The summed E-state index contributed by atoms with van der Waals surface area (Å²) in [7, 11) is 0. The first kappa shape index (κ1) is 5.36. The lowest BCUT2D eigenvalue weighted by Crippen LogP contribution is -2.04. The van der Waals surface area contributed by atoms with E-state index >= 15 is 0 Å². The van der Waals surface area contributed by atoms with E-state index in [0.29, 0.717) is 6.54 Å². The molecule has 0 aliphatic carbocycles. The summed E-state index contributed by atoms with van der Waals surface area (Å²) in [6, 6.07) is 0. The van der Waals surface area contributed by atoms with Gasteiger partial charge in [-0.05, 0) is 0 Å². The topological polar surface area (TPSA) is 64.7 Å². The molecule has 2 N–H and O–H groups in total. The Morgan fingerprint density at radius 2 is 2.50 bits per heavy atom. The Kier molecular flexibility index (Phi) is 3.89. The average molecular weight is 90.1 g/mol. The minimum atomic E-state index is 0.212. The quantitative estimate of drug-likeness (QED) is 0.292. The Hall–Kier alpha value is -0.640. The first-order chi connectivity index (χ1) is 2.91. The lowest BCUT2D eigenvalue weighted by Gasteiger charge is -1.83. The fourth-order valence-corrected chi connectivity index (χ4v) is 0.0900. The van der Waals surface area contributed by atoms with Crippen molar-refractivity contribution < 1.29 is 4.84 Å². The molecule has 0 saturated carbocycles. The second-order valence-corrected chi connectivity index (χ2v) is 0.696. The predicted molar refractivity (Wildman–Crippen MR) is 20.8 cm³/mol. The van der Waals surface area contributed by atoms with E-state index in [1.54, 1.807) is 0 Å². The minimum absolute atomic E-state index is 0.212. The van der Waals surface area contributed by atoms with Crippen LogP contribution in [0.1, 0.15) is 0 Å². The van der Waals surface area contributed by atoms with Gasteiger partial charge < -0.3 is 10.6 Å². The zero-order valence-electron chi connectivity index (χ0n) is 3.26. The molecule has 0 spiro atoms. The molecule has 0 aliphatic heterocycles. The third-order valence-corrected chi connectivity index (χ3v) is 0.262. The summed E-state index contributed by atoms with van der Waals surface area (Å²) in [5.41, 5.74) is 4.89. The summed E-state index contributed by atoms with van der Waals surface area (Å²) in [6.07, 6.45) is 0. The van der Waals surface area contributed by atoms with E-state index in [2.05, 4.69) is 10.2 Å². The van der Waals surface area contributed by atoms with Crippen LogP contribution in [-0.2, 0) is 4.84 Å². The molecule has 0 atom stereocenters. The van der Waals surface area contributed by atoms with Crippen LogP contribution in [0, 0.1) is 4.91 Å². The molecule has 0 aliphatic rings. The van der Waals surface area contributed by atoms with Gasteiger partial charge in [0, 0.05) is 6.54 Å². The third kappa shape index (κ3) is 3.36. The summed E-state index contributed by atoms with van der Waals surface area (Å²) in [6.45, 7) is 0.551. The predicted octanol–water partition coefficient (Wildman–Crippen LogP) is -0.357. The standard InChI is InChI=1S/C2H6N2O2/c3-1-2-6-4-5/h1-3H2. The SMILES string of the molecule is NCCON=O. The minimum Gasteiger partial charge on any atom is -0.363 e. The Bertz CT molecular complexity index is 38.5. The zero-order chi connectivity index (χ0) is 4.83. The van der Waals surface area contributed by atoms with Crippen molar-refractivity contribution in [1.82, 2.24) is 0 Å². The highest BCUT2D eigenvalue weighted by atomic mass is 16.7. The van der Waals surface area contributed by atoms with Crippen LogP contribution in [-0.4, -0.2) is 13.2 Å². The number of nitrogens with two attached hydrogens (primary N) is 1. The highest BCUT2D eigenvalue weighted by Crippen LogP contribution is 1.65. The van der Waals surface area contributed by atoms with E-state index < -0.39 is 0 Å². The maximum atomic E-state index is 9.04. The molecule has 6 heavy (non-hydrogen) atoms. The molecule has 0 saturated heterocycles. The van der Waals surface area contributed by atoms with E-state index in [0.717, 1.165) is 0 Å². The van der Waals surface area contributed by atoms with Crippen LogP contribution in [0.5, 0.6) is 0 Å². The molecular weight excluding hydrogens is 84.0 g/mol. The van der Waals surface area contributed by atoms with E-state index in [1.165, 1.54) is 0 Å². The van der Waals surface area contributed by atoms with Crippen molar-refractivity contribution in [2.75, 3.05) is 13.2 Å². The van der Waals surface area contributed by atoms with Crippen LogP contribution in [0.3, 0.4) is 0 Å². The fraction of sp³-hybridized carbons (Fsp3) is 1.00. The molecule has 0 amide bonds. The van der Waals surface area contributed by atoms with Gasteiger partial charge in [0.15, 0.2) is 5.34 Å². The first-order valence-corrected chi connectivity index (χ1v) is 1.56. The van der Waals surface area contributed by atoms with Crippen molar-refractivity contribution in [3.05, 3.63) is 4.91 Å². The molecule has 0 heterocycles. The molecule has 0 aromatic rings. The van der Waals surface area contributed by atoms with Gasteiger partial charge in [0.1, 0.15) is 6.61 Å². The summed E-state index contributed by atoms with van der Waals surface area (Å²) in [5, 5.41) is 2.10. The van der Waals surface area contributed by atoms with Crippen molar-refractivity contribution in [2.45, 2.75) is 0 Å². The van der Waals surface area contributed by atoms with Crippen molar-refractivity contribution >= 4 is 0 Å². The Morgan fingerprint density at radius 3 is 2.67 bits per heavy atom. The fourth-order valence-electron chi connectivity index (χ4n) is 0.0900. The second kappa shape index (κ2) is 4.36. The normalized spacial score (nSPS) is 7.50. The second-order valence-electron chi connectivity index (χ2n) is 0.696. The van der Waals surface area contributed by atoms with Crippen LogP contribution < -0.4 is 5.73 Å². The van der Waals surface area contributed by atoms with Gasteiger partial charge in [-0.15, -0.1) is 4.91 Å². The molecular formula is C2H6N2O2. The van der Waals surface area contributed by atoms with E-state index in [1.807, 2.05) is 0 Å². The van der Waals surface area contributed by atoms with Gasteiger partial charge >= 0.3 is 0 Å². The lowest BCUT2D eigenvalue weighted by molar-refractivity contribution is 0.147. The average Bonchev–Trinajstić information content (AvgIpc) is 1.61. The lowest BCUT2D eigenvalue weighted by atomic mass is 10.8. The largest absolute Gasteiger partial charge is 0.363 e. The van der Waals surface area contributed by atoms with Gasteiger partial charge in [0.25, 0.3) is 0 Å².